The second-order valence-corrected chi connectivity index (χ2v) is 5.47. The molecule has 2 saturated carbocycles. The van der Waals surface area contributed by atoms with Crippen LogP contribution in [-0.4, -0.2) is 11.9 Å². The number of nitrogens with one attached hydrogen (secondary N) is 1. The van der Waals surface area contributed by atoms with Crippen LogP contribution >= 0.6 is 0 Å². The van der Waals surface area contributed by atoms with E-state index < -0.39 is 0 Å². The van der Waals surface area contributed by atoms with Gasteiger partial charge in [0.15, 0.2) is 0 Å². The Morgan fingerprint density at radius 3 is 2.21 bits per heavy atom. The second kappa shape index (κ2) is 3.56. The van der Waals surface area contributed by atoms with Crippen molar-refractivity contribution < 1.29 is 4.79 Å². The topological polar surface area (TPSA) is 29.1 Å². The number of rotatable bonds is 3. The standard InChI is InChI=1S/C12H21NO/c1-7(2)8(3)13-12(14)11-5-9-4-10(9)6-11/h7-11H,4-6H2,1-3H3,(H,13,14). The van der Waals surface area contributed by atoms with Crippen molar-refractivity contribution in [3.05, 3.63) is 0 Å². The molecule has 2 aliphatic rings. The molecule has 0 bridgehead atoms. The lowest BCUT2D eigenvalue weighted by Crippen LogP contribution is -2.39. The van der Waals surface area contributed by atoms with Crippen LogP contribution in [0, 0.1) is 23.7 Å². The predicted molar refractivity (Wildman–Crippen MR) is 56.8 cm³/mol. The molecule has 14 heavy (non-hydrogen) atoms. The van der Waals surface area contributed by atoms with Crippen molar-refractivity contribution in [2.24, 2.45) is 23.7 Å². The first kappa shape index (κ1) is 10.0. The first-order valence-electron chi connectivity index (χ1n) is 5.88. The van der Waals surface area contributed by atoms with Gasteiger partial charge in [-0.05, 0) is 43.9 Å². The Hall–Kier alpha value is -0.530. The summed E-state index contributed by atoms with van der Waals surface area (Å²) in [5.41, 5.74) is 0. The fourth-order valence-corrected chi connectivity index (χ4v) is 2.44. The molecular weight excluding hydrogens is 174 g/mol. The van der Waals surface area contributed by atoms with Gasteiger partial charge in [-0.3, -0.25) is 4.79 Å². The minimum absolute atomic E-state index is 0.304. The third-order valence-electron chi connectivity index (χ3n) is 3.98. The molecule has 1 amide bonds. The highest BCUT2D eigenvalue weighted by atomic mass is 16.1. The van der Waals surface area contributed by atoms with Crippen molar-refractivity contribution in [1.29, 1.82) is 0 Å². The van der Waals surface area contributed by atoms with Gasteiger partial charge in [0.2, 0.25) is 5.91 Å². The number of fused-ring (bicyclic) bond motifs is 1. The molecular formula is C12H21NO. The van der Waals surface area contributed by atoms with Crippen LogP contribution in [0.15, 0.2) is 0 Å². The third kappa shape index (κ3) is 1.94. The monoisotopic (exact) mass is 195 g/mol. The molecule has 2 rings (SSSR count). The van der Waals surface area contributed by atoms with E-state index in [9.17, 15) is 4.79 Å². The highest BCUT2D eigenvalue weighted by molar-refractivity contribution is 5.79. The van der Waals surface area contributed by atoms with Crippen molar-refractivity contribution in [1.82, 2.24) is 5.32 Å². The molecule has 0 aliphatic heterocycles. The zero-order valence-corrected chi connectivity index (χ0v) is 9.42. The Bertz CT molecular complexity index is 226. The summed E-state index contributed by atoms with van der Waals surface area (Å²) < 4.78 is 0. The van der Waals surface area contributed by atoms with Crippen LogP contribution in [0.1, 0.15) is 40.0 Å². The van der Waals surface area contributed by atoms with Crippen LogP contribution in [0.3, 0.4) is 0 Å². The van der Waals surface area contributed by atoms with Gasteiger partial charge in [-0.25, -0.2) is 0 Å². The highest BCUT2D eigenvalue weighted by Crippen LogP contribution is 2.54. The molecule has 3 atom stereocenters. The first-order valence-corrected chi connectivity index (χ1v) is 5.88. The van der Waals surface area contributed by atoms with Crippen molar-refractivity contribution >= 4 is 5.91 Å². The fourth-order valence-electron chi connectivity index (χ4n) is 2.44. The minimum Gasteiger partial charge on any atom is -0.353 e. The van der Waals surface area contributed by atoms with E-state index in [1.165, 1.54) is 6.42 Å². The average molecular weight is 195 g/mol. The average Bonchev–Trinajstić information content (AvgIpc) is 2.73. The maximum atomic E-state index is 11.8. The van der Waals surface area contributed by atoms with Gasteiger partial charge in [0, 0.05) is 12.0 Å². The molecule has 3 unspecified atom stereocenters. The number of carbonyl (C=O) groups excluding carboxylic acids is 1. The SMILES string of the molecule is CC(C)C(C)NC(=O)C1CC2CC2C1. The molecule has 0 heterocycles. The number of carbonyl (C=O) groups is 1. The smallest absolute Gasteiger partial charge is 0.223 e. The van der Waals surface area contributed by atoms with Crippen LogP contribution in [-0.2, 0) is 4.79 Å². The van der Waals surface area contributed by atoms with Crippen LogP contribution in [0.5, 0.6) is 0 Å². The zero-order valence-electron chi connectivity index (χ0n) is 9.42. The molecule has 0 spiro atoms. The molecule has 80 valence electrons. The lowest BCUT2D eigenvalue weighted by molar-refractivity contribution is -0.126. The molecule has 2 fully saturated rings. The summed E-state index contributed by atoms with van der Waals surface area (Å²) >= 11 is 0. The summed E-state index contributed by atoms with van der Waals surface area (Å²) in [5.74, 6) is 2.98. The molecule has 0 aromatic heterocycles. The van der Waals surface area contributed by atoms with Gasteiger partial charge in [0.25, 0.3) is 0 Å². The summed E-state index contributed by atoms with van der Waals surface area (Å²) in [4.78, 5) is 11.8. The first-order chi connectivity index (χ1) is 6.58. The van der Waals surface area contributed by atoms with Crippen LogP contribution in [0.4, 0.5) is 0 Å². The third-order valence-corrected chi connectivity index (χ3v) is 3.98. The molecule has 2 aliphatic carbocycles. The number of hydrogen-bond acceptors (Lipinski definition) is 1. The normalized spacial score (nSPS) is 36.7. The molecule has 0 aromatic rings. The van der Waals surface area contributed by atoms with E-state index in [4.69, 9.17) is 0 Å². The van der Waals surface area contributed by atoms with Crippen molar-refractivity contribution in [2.45, 2.75) is 46.1 Å². The quantitative estimate of drug-likeness (QED) is 0.735. The molecule has 0 saturated heterocycles. The lowest BCUT2D eigenvalue weighted by atomic mass is 10.0. The van der Waals surface area contributed by atoms with Crippen LogP contribution < -0.4 is 5.32 Å². The summed E-state index contributed by atoms with van der Waals surface area (Å²) in [6.07, 6.45) is 3.70. The van der Waals surface area contributed by atoms with E-state index in [0.29, 0.717) is 23.8 Å². The van der Waals surface area contributed by atoms with Gasteiger partial charge < -0.3 is 5.32 Å². The zero-order chi connectivity index (χ0) is 10.3. The number of amides is 1. The Labute approximate surface area is 86.5 Å². The fraction of sp³-hybridized carbons (Fsp3) is 0.917. The van der Waals surface area contributed by atoms with Crippen LogP contribution in [0.2, 0.25) is 0 Å². The summed E-state index contributed by atoms with van der Waals surface area (Å²) in [6, 6.07) is 0.319. The molecule has 0 aromatic carbocycles. The van der Waals surface area contributed by atoms with E-state index in [2.05, 4.69) is 26.1 Å². The maximum Gasteiger partial charge on any atom is 0.223 e. The summed E-state index contributed by atoms with van der Waals surface area (Å²) in [7, 11) is 0. The molecule has 2 nitrogen and oxygen atoms in total. The Morgan fingerprint density at radius 2 is 1.71 bits per heavy atom. The van der Waals surface area contributed by atoms with Gasteiger partial charge in [-0.2, -0.15) is 0 Å². The van der Waals surface area contributed by atoms with E-state index in [-0.39, 0.29) is 0 Å². The van der Waals surface area contributed by atoms with E-state index in [1.807, 2.05) is 0 Å². The van der Waals surface area contributed by atoms with Crippen LogP contribution in [0.25, 0.3) is 0 Å². The lowest BCUT2D eigenvalue weighted by Gasteiger charge is -2.20. The Balaban J connectivity index is 1.78. The number of hydrogen-bond donors (Lipinski definition) is 1. The van der Waals surface area contributed by atoms with Gasteiger partial charge in [-0.15, -0.1) is 0 Å². The molecule has 2 heteroatoms. The van der Waals surface area contributed by atoms with Crippen molar-refractivity contribution in [2.75, 3.05) is 0 Å². The van der Waals surface area contributed by atoms with Gasteiger partial charge in [0.05, 0.1) is 0 Å². The Kier molecular flexibility index (Phi) is 2.54. The maximum absolute atomic E-state index is 11.8. The summed E-state index contributed by atoms with van der Waals surface area (Å²) in [5, 5.41) is 3.12. The molecule has 0 radical (unpaired) electrons. The van der Waals surface area contributed by atoms with E-state index >= 15 is 0 Å². The highest BCUT2D eigenvalue weighted by Gasteiger charge is 2.48. The van der Waals surface area contributed by atoms with Gasteiger partial charge in [-0.1, -0.05) is 13.8 Å². The summed E-state index contributed by atoms with van der Waals surface area (Å²) in [6.45, 7) is 6.40. The van der Waals surface area contributed by atoms with Crippen molar-refractivity contribution in [3.63, 3.8) is 0 Å². The van der Waals surface area contributed by atoms with Gasteiger partial charge >= 0.3 is 0 Å². The largest absolute Gasteiger partial charge is 0.353 e. The van der Waals surface area contributed by atoms with E-state index in [1.54, 1.807) is 0 Å². The minimum atomic E-state index is 0.304. The second-order valence-electron chi connectivity index (χ2n) is 5.47. The van der Waals surface area contributed by atoms with Crippen molar-refractivity contribution in [3.8, 4) is 0 Å². The van der Waals surface area contributed by atoms with Gasteiger partial charge in [0.1, 0.15) is 0 Å². The molecule has 1 N–H and O–H groups in total. The Morgan fingerprint density at radius 1 is 1.14 bits per heavy atom. The predicted octanol–water partition coefficient (Wildman–Crippen LogP) is 2.19. The van der Waals surface area contributed by atoms with E-state index in [0.717, 1.165) is 24.7 Å².